The Morgan fingerprint density at radius 2 is 2.39 bits per heavy atom. The first kappa shape index (κ1) is 14.7. The van der Waals surface area contributed by atoms with Crippen LogP contribution in [0.2, 0.25) is 0 Å². The molecular formula is C11H22N4O3. The Balaban J connectivity index is 2.17. The molecule has 6 N–H and O–H groups in total. The van der Waals surface area contributed by atoms with Gasteiger partial charge in [0, 0.05) is 19.7 Å². The lowest BCUT2D eigenvalue weighted by Gasteiger charge is -2.17. The fraction of sp³-hybridized carbons (Fsp3) is 0.818. The van der Waals surface area contributed by atoms with Crippen LogP contribution in [0.15, 0.2) is 0 Å². The molecule has 1 rings (SSSR count). The topological polar surface area (TPSA) is 120 Å². The molecule has 2 unspecified atom stereocenters. The van der Waals surface area contributed by atoms with Gasteiger partial charge in [-0.3, -0.25) is 10.2 Å². The molecular weight excluding hydrogens is 236 g/mol. The van der Waals surface area contributed by atoms with E-state index in [1.54, 1.807) is 0 Å². The molecule has 0 spiro atoms. The van der Waals surface area contributed by atoms with E-state index in [0.29, 0.717) is 25.9 Å². The second-order valence-electron chi connectivity index (χ2n) is 4.42. The van der Waals surface area contributed by atoms with Gasteiger partial charge in [-0.25, -0.2) is 0 Å². The Kier molecular flexibility index (Phi) is 6.45. The quantitative estimate of drug-likeness (QED) is 0.227. The highest BCUT2D eigenvalue weighted by molar-refractivity contribution is 5.74. The van der Waals surface area contributed by atoms with Crippen LogP contribution < -0.4 is 16.4 Å². The normalized spacial score (nSPS) is 20.6. The maximum atomic E-state index is 11.0. The third-order valence-corrected chi connectivity index (χ3v) is 2.90. The summed E-state index contributed by atoms with van der Waals surface area (Å²) in [5.41, 5.74) is 5.13. The molecule has 0 bridgehead atoms. The highest BCUT2D eigenvalue weighted by Crippen LogP contribution is 2.11. The van der Waals surface area contributed by atoms with Gasteiger partial charge in [-0.05, 0) is 25.7 Å². The number of carboxylic acid groups (broad SMARTS) is 1. The number of aliphatic carboxylic acids is 1. The van der Waals surface area contributed by atoms with Crippen LogP contribution in [-0.2, 0) is 9.53 Å². The number of nitrogens with two attached hydrogens (primary N) is 1. The van der Waals surface area contributed by atoms with Gasteiger partial charge in [0.1, 0.15) is 6.04 Å². The highest BCUT2D eigenvalue weighted by Gasteiger charge is 2.20. The van der Waals surface area contributed by atoms with Gasteiger partial charge in [0.25, 0.3) is 0 Å². The molecule has 0 aliphatic carbocycles. The zero-order valence-electron chi connectivity index (χ0n) is 10.4. The van der Waals surface area contributed by atoms with Crippen molar-refractivity contribution in [3.05, 3.63) is 0 Å². The molecule has 1 aliphatic heterocycles. The summed E-state index contributed by atoms with van der Waals surface area (Å²) in [5.74, 6) is -0.940. The second kappa shape index (κ2) is 7.88. The Hall–Kier alpha value is -1.34. The van der Waals surface area contributed by atoms with E-state index in [2.05, 4.69) is 10.6 Å². The molecule has 2 atom stereocenters. The van der Waals surface area contributed by atoms with Crippen molar-refractivity contribution >= 4 is 11.9 Å². The molecule has 104 valence electrons. The van der Waals surface area contributed by atoms with Crippen LogP contribution >= 0.6 is 0 Å². The average molecular weight is 258 g/mol. The van der Waals surface area contributed by atoms with Crippen LogP contribution in [0.4, 0.5) is 0 Å². The van der Waals surface area contributed by atoms with Gasteiger partial charge < -0.3 is 26.2 Å². The third kappa shape index (κ3) is 5.83. The summed E-state index contributed by atoms with van der Waals surface area (Å²) in [6.07, 6.45) is 3.33. The standard InChI is InChI=1S/C11H22N4O3/c12-11(13)14-5-1-4-9(10(16)17)15-7-8-3-2-6-18-8/h8-9,15H,1-7H2,(H,16,17)(H4,12,13,14). The van der Waals surface area contributed by atoms with Crippen LogP contribution in [0.25, 0.3) is 0 Å². The summed E-state index contributed by atoms with van der Waals surface area (Å²) in [5, 5.41) is 21.7. The Morgan fingerprint density at radius 1 is 1.61 bits per heavy atom. The van der Waals surface area contributed by atoms with E-state index in [1.807, 2.05) is 0 Å². The summed E-state index contributed by atoms with van der Waals surface area (Å²) in [4.78, 5) is 11.0. The minimum Gasteiger partial charge on any atom is -0.480 e. The Labute approximate surface area is 107 Å². The molecule has 0 saturated carbocycles. The molecule has 0 radical (unpaired) electrons. The first-order chi connectivity index (χ1) is 8.59. The van der Waals surface area contributed by atoms with Crippen LogP contribution in [0.1, 0.15) is 25.7 Å². The molecule has 0 amide bonds. The number of guanidine groups is 1. The summed E-state index contributed by atoms with van der Waals surface area (Å²) in [6.45, 7) is 1.87. The number of ether oxygens (including phenoxy) is 1. The van der Waals surface area contributed by atoms with Crippen LogP contribution in [0, 0.1) is 5.41 Å². The van der Waals surface area contributed by atoms with E-state index in [1.165, 1.54) is 0 Å². The zero-order chi connectivity index (χ0) is 13.4. The van der Waals surface area contributed by atoms with Gasteiger partial charge in [0.05, 0.1) is 6.10 Å². The van der Waals surface area contributed by atoms with Crippen molar-refractivity contribution in [2.45, 2.75) is 37.8 Å². The van der Waals surface area contributed by atoms with Crippen molar-refractivity contribution in [2.75, 3.05) is 19.7 Å². The molecule has 1 fully saturated rings. The van der Waals surface area contributed by atoms with Crippen LogP contribution in [-0.4, -0.2) is 48.9 Å². The van der Waals surface area contributed by atoms with E-state index in [-0.39, 0.29) is 12.1 Å². The third-order valence-electron chi connectivity index (χ3n) is 2.90. The number of rotatable bonds is 8. The SMILES string of the molecule is N=C(N)NCCCC(NCC1CCCO1)C(=O)O. The summed E-state index contributed by atoms with van der Waals surface area (Å²) in [7, 11) is 0. The Bertz CT molecular complexity index is 279. The number of nitrogens with one attached hydrogen (secondary N) is 3. The van der Waals surface area contributed by atoms with Crippen molar-refractivity contribution in [2.24, 2.45) is 5.73 Å². The largest absolute Gasteiger partial charge is 0.480 e. The maximum absolute atomic E-state index is 11.0. The van der Waals surface area contributed by atoms with Crippen molar-refractivity contribution in [3.63, 3.8) is 0 Å². The molecule has 0 aromatic heterocycles. The van der Waals surface area contributed by atoms with Crippen molar-refractivity contribution in [3.8, 4) is 0 Å². The van der Waals surface area contributed by atoms with Gasteiger partial charge in [-0.15, -0.1) is 0 Å². The van der Waals surface area contributed by atoms with Crippen LogP contribution in [0.3, 0.4) is 0 Å². The lowest BCUT2D eigenvalue weighted by atomic mass is 10.1. The molecule has 18 heavy (non-hydrogen) atoms. The molecule has 0 aromatic rings. The van der Waals surface area contributed by atoms with E-state index in [4.69, 9.17) is 21.0 Å². The number of hydrogen-bond donors (Lipinski definition) is 5. The van der Waals surface area contributed by atoms with E-state index in [9.17, 15) is 4.79 Å². The van der Waals surface area contributed by atoms with Crippen molar-refractivity contribution in [1.82, 2.24) is 10.6 Å². The molecule has 7 heteroatoms. The average Bonchev–Trinajstić information content (AvgIpc) is 2.80. The second-order valence-corrected chi connectivity index (χ2v) is 4.42. The lowest BCUT2D eigenvalue weighted by molar-refractivity contribution is -0.139. The van der Waals surface area contributed by atoms with Gasteiger partial charge in [0.15, 0.2) is 5.96 Å². The molecule has 1 aliphatic rings. The minimum atomic E-state index is -0.851. The lowest BCUT2D eigenvalue weighted by Crippen LogP contribution is -2.41. The highest BCUT2D eigenvalue weighted by atomic mass is 16.5. The van der Waals surface area contributed by atoms with E-state index in [0.717, 1.165) is 19.4 Å². The maximum Gasteiger partial charge on any atom is 0.320 e. The van der Waals surface area contributed by atoms with Crippen molar-refractivity contribution in [1.29, 1.82) is 5.41 Å². The fourth-order valence-corrected chi connectivity index (χ4v) is 1.92. The first-order valence-corrected chi connectivity index (χ1v) is 6.25. The first-order valence-electron chi connectivity index (χ1n) is 6.25. The van der Waals surface area contributed by atoms with Gasteiger partial charge >= 0.3 is 5.97 Å². The smallest absolute Gasteiger partial charge is 0.320 e. The fourth-order valence-electron chi connectivity index (χ4n) is 1.92. The van der Waals surface area contributed by atoms with Gasteiger partial charge in [-0.1, -0.05) is 0 Å². The monoisotopic (exact) mass is 258 g/mol. The zero-order valence-corrected chi connectivity index (χ0v) is 10.4. The van der Waals surface area contributed by atoms with Gasteiger partial charge in [0.2, 0.25) is 0 Å². The molecule has 1 saturated heterocycles. The predicted molar refractivity (Wildman–Crippen MR) is 67.6 cm³/mol. The van der Waals surface area contributed by atoms with Gasteiger partial charge in [-0.2, -0.15) is 0 Å². The predicted octanol–water partition coefficient (Wildman–Crippen LogP) is -0.529. The molecule has 0 aromatic carbocycles. The molecule has 7 nitrogen and oxygen atoms in total. The summed E-state index contributed by atoms with van der Waals surface area (Å²) >= 11 is 0. The van der Waals surface area contributed by atoms with Crippen molar-refractivity contribution < 1.29 is 14.6 Å². The summed E-state index contributed by atoms with van der Waals surface area (Å²) in [6, 6.07) is -0.567. The van der Waals surface area contributed by atoms with E-state index < -0.39 is 12.0 Å². The summed E-state index contributed by atoms with van der Waals surface area (Å²) < 4.78 is 5.43. The number of hydrogen-bond acceptors (Lipinski definition) is 4. The Morgan fingerprint density at radius 3 is 2.94 bits per heavy atom. The minimum absolute atomic E-state index is 0.0887. The van der Waals surface area contributed by atoms with Crippen LogP contribution in [0.5, 0.6) is 0 Å². The number of carboxylic acids is 1. The number of carbonyl (C=O) groups is 1. The van der Waals surface area contributed by atoms with E-state index >= 15 is 0 Å². The molecule has 1 heterocycles.